The van der Waals surface area contributed by atoms with Crippen LogP contribution in [0.2, 0.25) is 0 Å². The Morgan fingerprint density at radius 1 is 0.821 bits per heavy atom. The van der Waals surface area contributed by atoms with E-state index in [0.717, 1.165) is 11.6 Å². The molecule has 2 aromatic carbocycles. The first-order valence-corrected chi connectivity index (χ1v) is 9.15. The third-order valence-corrected chi connectivity index (χ3v) is 4.64. The van der Waals surface area contributed by atoms with Crippen molar-refractivity contribution in [3.63, 3.8) is 0 Å². The number of rotatable bonds is 4. The molecule has 7 nitrogen and oxygen atoms in total. The Morgan fingerprint density at radius 3 is 2.14 bits per heavy atom. The highest BCUT2D eigenvalue weighted by Crippen LogP contribution is 2.22. The largest absolute Gasteiger partial charge is 0.457 e. The predicted molar refractivity (Wildman–Crippen MR) is 108 cm³/mol. The molecule has 1 saturated heterocycles. The van der Waals surface area contributed by atoms with Crippen molar-refractivity contribution < 1.29 is 9.53 Å². The Balaban J connectivity index is 1.35. The summed E-state index contributed by atoms with van der Waals surface area (Å²) >= 11 is 0. The van der Waals surface area contributed by atoms with Crippen molar-refractivity contribution in [1.29, 1.82) is 0 Å². The number of carbonyl (C=O) groups is 1. The van der Waals surface area contributed by atoms with Crippen molar-refractivity contribution in [2.75, 3.05) is 36.8 Å². The van der Waals surface area contributed by atoms with Gasteiger partial charge in [0.2, 0.25) is 0 Å². The molecule has 1 amide bonds. The first-order valence-electron chi connectivity index (χ1n) is 9.15. The van der Waals surface area contributed by atoms with Crippen molar-refractivity contribution in [3.8, 4) is 11.5 Å². The molecule has 3 aromatic rings. The number of nitrogens with zero attached hydrogens (tertiary/aromatic N) is 4. The summed E-state index contributed by atoms with van der Waals surface area (Å²) in [7, 11) is 0. The maximum Gasteiger partial charge on any atom is 0.253 e. The van der Waals surface area contributed by atoms with Gasteiger partial charge in [-0.05, 0) is 48.5 Å². The maximum atomic E-state index is 12.8. The SMILES string of the molecule is Nc1ccc(N2CCN(C(=O)c3ccc(Oc4ccccc4)cc3)CC2)nn1. The van der Waals surface area contributed by atoms with Crippen molar-refractivity contribution >= 4 is 17.5 Å². The van der Waals surface area contributed by atoms with Crippen LogP contribution in [0, 0.1) is 0 Å². The Morgan fingerprint density at radius 2 is 1.50 bits per heavy atom. The zero-order chi connectivity index (χ0) is 19.3. The van der Waals surface area contributed by atoms with E-state index < -0.39 is 0 Å². The van der Waals surface area contributed by atoms with E-state index in [4.69, 9.17) is 10.5 Å². The molecule has 1 aromatic heterocycles. The smallest absolute Gasteiger partial charge is 0.253 e. The number of benzene rings is 2. The molecule has 0 spiro atoms. The summed E-state index contributed by atoms with van der Waals surface area (Å²) in [4.78, 5) is 16.7. The molecule has 0 unspecified atom stereocenters. The third-order valence-electron chi connectivity index (χ3n) is 4.64. The molecule has 1 aliphatic rings. The van der Waals surface area contributed by atoms with Crippen LogP contribution in [0.5, 0.6) is 11.5 Å². The third kappa shape index (κ3) is 4.03. The normalized spacial score (nSPS) is 14.0. The summed E-state index contributed by atoms with van der Waals surface area (Å²) in [5.41, 5.74) is 6.24. The summed E-state index contributed by atoms with van der Waals surface area (Å²) in [5.74, 6) is 2.67. The molecule has 7 heteroatoms. The van der Waals surface area contributed by atoms with Gasteiger partial charge in [0.1, 0.15) is 17.3 Å². The van der Waals surface area contributed by atoms with Gasteiger partial charge in [-0.15, -0.1) is 10.2 Å². The van der Waals surface area contributed by atoms with E-state index in [1.807, 2.05) is 53.4 Å². The van der Waals surface area contributed by atoms with Crippen molar-refractivity contribution in [1.82, 2.24) is 15.1 Å². The van der Waals surface area contributed by atoms with Gasteiger partial charge in [-0.3, -0.25) is 4.79 Å². The quantitative estimate of drug-likeness (QED) is 0.755. The number of nitrogens with two attached hydrogens (primary N) is 1. The first kappa shape index (κ1) is 17.8. The zero-order valence-corrected chi connectivity index (χ0v) is 15.4. The summed E-state index contributed by atoms with van der Waals surface area (Å²) in [6.07, 6.45) is 0. The minimum atomic E-state index is 0.0225. The zero-order valence-electron chi connectivity index (χ0n) is 15.4. The molecule has 0 radical (unpaired) electrons. The van der Waals surface area contributed by atoms with Crippen LogP contribution in [-0.2, 0) is 0 Å². The van der Waals surface area contributed by atoms with Gasteiger partial charge < -0.3 is 20.3 Å². The molecule has 1 aliphatic heterocycles. The number of anilines is 2. The standard InChI is InChI=1S/C21H21N5O2/c22-19-10-11-20(24-23-19)25-12-14-26(15-13-25)21(27)16-6-8-18(9-7-16)28-17-4-2-1-3-5-17/h1-11H,12-15H2,(H2,22,23). The van der Waals surface area contributed by atoms with Gasteiger partial charge in [-0.1, -0.05) is 18.2 Å². The molecule has 28 heavy (non-hydrogen) atoms. The minimum Gasteiger partial charge on any atom is -0.457 e. The van der Waals surface area contributed by atoms with Crippen LogP contribution in [-0.4, -0.2) is 47.2 Å². The number of piperazine rings is 1. The molecule has 0 aliphatic carbocycles. The van der Waals surface area contributed by atoms with Crippen molar-refractivity contribution in [2.45, 2.75) is 0 Å². The highest BCUT2D eigenvalue weighted by atomic mass is 16.5. The number of carbonyl (C=O) groups excluding carboxylic acids is 1. The molecule has 0 bridgehead atoms. The monoisotopic (exact) mass is 375 g/mol. The lowest BCUT2D eigenvalue weighted by molar-refractivity contribution is 0.0746. The van der Waals surface area contributed by atoms with Crippen LogP contribution in [0.15, 0.2) is 66.7 Å². The summed E-state index contributed by atoms with van der Waals surface area (Å²) in [6.45, 7) is 2.68. The molecule has 2 N–H and O–H groups in total. The first-order chi connectivity index (χ1) is 13.7. The van der Waals surface area contributed by atoms with Gasteiger partial charge in [0.05, 0.1) is 0 Å². The number of ether oxygens (including phenoxy) is 1. The van der Waals surface area contributed by atoms with Crippen LogP contribution in [0.4, 0.5) is 11.6 Å². The Bertz CT molecular complexity index is 921. The van der Waals surface area contributed by atoms with Crippen LogP contribution in [0.3, 0.4) is 0 Å². The maximum absolute atomic E-state index is 12.8. The molecule has 2 heterocycles. The molecule has 1 fully saturated rings. The summed E-state index contributed by atoms with van der Waals surface area (Å²) < 4.78 is 5.78. The van der Waals surface area contributed by atoms with E-state index >= 15 is 0 Å². The predicted octanol–water partition coefficient (Wildman–Crippen LogP) is 2.81. The fourth-order valence-corrected chi connectivity index (χ4v) is 3.12. The second-order valence-corrected chi connectivity index (χ2v) is 6.54. The Hall–Kier alpha value is -3.61. The second-order valence-electron chi connectivity index (χ2n) is 6.54. The van der Waals surface area contributed by atoms with E-state index in [-0.39, 0.29) is 5.91 Å². The second kappa shape index (κ2) is 7.96. The summed E-state index contributed by atoms with van der Waals surface area (Å²) in [6, 6.07) is 20.4. The number of hydrogen-bond donors (Lipinski definition) is 1. The van der Waals surface area contributed by atoms with E-state index in [9.17, 15) is 4.79 Å². The highest BCUT2D eigenvalue weighted by molar-refractivity contribution is 5.94. The molecule has 0 saturated carbocycles. The number of hydrogen-bond acceptors (Lipinski definition) is 6. The highest BCUT2D eigenvalue weighted by Gasteiger charge is 2.23. The minimum absolute atomic E-state index is 0.0225. The van der Waals surface area contributed by atoms with Gasteiger partial charge in [-0.25, -0.2) is 0 Å². The molecule has 0 atom stereocenters. The number of nitrogen functional groups attached to an aromatic ring is 1. The van der Waals surface area contributed by atoms with Crippen LogP contribution in [0.25, 0.3) is 0 Å². The van der Waals surface area contributed by atoms with E-state index in [2.05, 4.69) is 15.1 Å². The number of para-hydroxylation sites is 1. The van der Waals surface area contributed by atoms with E-state index in [0.29, 0.717) is 43.3 Å². The van der Waals surface area contributed by atoms with E-state index in [1.165, 1.54) is 0 Å². The lowest BCUT2D eigenvalue weighted by Gasteiger charge is -2.35. The lowest BCUT2D eigenvalue weighted by atomic mass is 10.1. The van der Waals surface area contributed by atoms with Crippen LogP contribution < -0.4 is 15.4 Å². The Labute approximate surface area is 163 Å². The van der Waals surface area contributed by atoms with Gasteiger partial charge in [-0.2, -0.15) is 0 Å². The molecule has 142 valence electrons. The number of aromatic nitrogens is 2. The van der Waals surface area contributed by atoms with Gasteiger partial charge in [0.15, 0.2) is 5.82 Å². The topological polar surface area (TPSA) is 84.6 Å². The van der Waals surface area contributed by atoms with Crippen molar-refractivity contribution in [3.05, 3.63) is 72.3 Å². The lowest BCUT2D eigenvalue weighted by Crippen LogP contribution is -2.49. The molecule has 4 rings (SSSR count). The Kier molecular flexibility index (Phi) is 5.05. The molecular weight excluding hydrogens is 354 g/mol. The van der Waals surface area contributed by atoms with Gasteiger partial charge in [0.25, 0.3) is 5.91 Å². The van der Waals surface area contributed by atoms with E-state index in [1.54, 1.807) is 18.2 Å². The summed E-state index contributed by atoms with van der Waals surface area (Å²) in [5, 5.41) is 8.00. The fourth-order valence-electron chi connectivity index (χ4n) is 3.12. The van der Waals surface area contributed by atoms with Gasteiger partial charge >= 0.3 is 0 Å². The average molecular weight is 375 g/mol. The molecular formula is C21H21N5O2. The van der Waals surface area contributed by atoms with Gasteiger partial charge in [0, 0.05) is 31.7 Å². The average Bonchev–Trinajstić information content (AvgIpc) is 2.75. The van der Waals surface area contributed by atoms with Crippen LogP contribution in [0.1, 0.15) is 10.4 Å². The van der Waals surface area contributed by atoms with Crippen molar-refractivity contribution in [2.24, 2.45) is 0 Å². The number of amides is 1. The van der Waals surface area contributed by atoms with Crippen LogP contribution >= 0.6 is 0 Å². The fraction of sp³-hybridized carbons (Fsp3) is 0.190.